The Labute approximate surface area is 122 Å². The van der Waals surface area contributed by atoms with Crippen LogP contribution in [0.1, 0.15) is 32.4 Å². The minimum Gasteiger partial charge on any atom is -0.494 e. The van der Waals surface area contributed by atoms with Crippen LogP contribution < -0.4 is 10.1 Å². The first-order valence-electron chi connectivity index (χ1n) is 7.23. The van der Waals surface area contributed by atoms with Crippen molar-refractivity contribution < 1.29 is 14.6 Å². The van der Waals surface area contributed by atoms with Gasteiger partial charge in [0.1, 0.15) is 5.75 Å². The van der Waals surface area contributed by atoms with Gasteiger partial charge in [-0.15, -0.1) is 0 Å². The zero-order valence-corrected chi connectivity index (χ0v) is 12.9. The van der Waals surface area contributed by atoms with Gasteiger partial charge in [-0.05, 0) is 30.5 Å². The molecule has 2 N–H and O–H groups in total. The van der Waals surface area contributed by atoms with E-state index in [4.69, 9.17) is 9.47 Å². The molecule has 0 saturated heterocycles. The Morgan fingerprint density at radius 1 is 1.20 bits per heavy atom. The lowest BCUT2D eigenvalue weighted by Gasteiger charge is -2.28. The summed E-state index contributed by atoms with van der Waals surface area (Å²) in [7, 11) is 1.68. The molecule has 4 nitrogen and oxygen atoms in total. The molecule has 2 unspecified atom stereocenters. The third-order valence-electron chi connectivity index (χ3n) is 3.28. The fraction of sp³-hybridized carbons (Fsp3) is 0.625. The summed E-state index contributed by atoms with van der Waals surface area (Å²) in [4.78, 5) is 0. The highest BCUT2D eigenvalue weighted by Crippen LogP contribution is 2.24. The first-order valence-corrected chi connectivity index (χ1v) is 7.23. The summed E-state index contributed by atoms with van der Waals surface area (Å²) in [6.07, 6.45) is -0.539. The van der Waals surface area contributed by atoms with Gasteiger partial charge in [0.2, 0.25) is 0 Å². The smallest absolute Gasteiger partial charge is 0.119 e. The molecular weight excluding hydrogens is 254 g/mol. The van der Waals surface area contributed by atoms with Gasteiger partial charge in [-0.25, -0.2) is 0 Å². The number of hydrogen-bond acceptors (Lipinski definition) is 4. The predicted molar refractivity (Wildman–Crippen MR) is 81.1 cm³/mol. The normalized spacial score (nSPS) is 14.3. The zero-order chi connectivity index (χ0) is 15.0. The second-order valence-corrected chi connectivity index (χ2v) is 5.16. The van der Waals surface area contributed by atoms with Crippen LogP contribution in [0.2, 0.25) is 0 Å². The Morgan fingerprint density at radius 2 is 1.85 bits per heavy atom. The highest BCUT2D eigenvalue weighted by molar-refractivity contribution is 5.29. The van der Waals surface area contributed by atoms with Crippen LogP contribution >= 0.6 is 0 Å². The van der Waals surface area contributed by atoms with Gasteiger partial charge in [0.15, 0.2) is 0 Å². The van der Waals surface area contributed by atoms with Crippen molar-refractivity contribution in [2.24, 2.45) is 5.92 Å². The SMILES string of the molecule is CCOc1ccc(C(O)C(NCCOC)C(C)C)cc1. The van der Waals surface area contributed by atoms with Crippen LogP contribution in [-0.2, 0) is 4.74 Å². The van der Waals surface area contributed by atoms with E-state index < -0.39 is 6.10 Å². The van der Waals surface area contributed by atoms with E-state index in [2.05, 4.69) is 19.2 Å². The van der Waals surface area contributed by atoms with E-state index in [1.54, 1.807) is 7.11 Å². The highest BCUT2D eigenvalue weighted by atomic mass is 16.5. The van der Waals surface area contributed by atoms with E-state index in [1.165, 1.54) is 0 Å². The van der Waals surface area contributed by atoms with Gasteiger partial charge in [0, 0.05) is 19.7 Å². The Bertz CT molecular complexity index is 364. The van der Waals surface area contributed by atoms with Crippen molar-refractivity contribution in [2.75, 3.05) is 26.9 Å². The van der Waals surface area contributed by atoms with Gasteiger partial charge in [-0.2, -0.15) is 0 Å². The average molecular weight is 281 g/mol. The fourth-order valence-electron chi connectivity index (χ4n) is 2.17. The molecule has 0 aliphatic heterocycles. The summed E-state index contributed by atoms with van der Waals surface area (Å²) in [5.41, 5.74) is 0.900. The number of rotatable bonds is 9. The van der Waals surface area contributed by atoms with Crippen molar-refractivity contribution in [1.29, 1.82) is 0 Å². The van der Waals surface area contributed by atoms with Crippen molar-refractivity contribution in [2.45, 2.75) is 32.9 Å². The van der Waals surface area contributed by atoms with Crippen LogP contribution in [0, 0.1) is 5.92 Å². The maximum Gasteiger partial charge on any atom is 0.119 e. The standard InChI is InChI=1S/C16H27NO3/c1-5-20-14-8-6-13(7-9-14)16(18)15(12(2)3)17-10-11-19-4/h6-9,12,15-18H,5,10-11H2,1-4H3. The van der Waals surface area contributed by atoms with Gasteiger partial charge < -0.3 is 19.9 Å². The van der Waals surface area contributed by atoms with E-state index >= 15 is 0 Å². The molecule has 1 aromatic rings. The monoisotopic (exact) mass is 281 g/mol. The van der Waals surface area contributed by atoms with E-state index in [-0.39, 0.29) is 6.04 Å². The fourth-order valence-corrected chi connectivity index (χ4v) is 2.17. The van der Waals surface area contributed by atoms with E-state index in [1.807, 2.05) is 31.2 Å². The van der Waals surface area contributed by atoms with E-state index in [0.717, 1.165) is 17.9 Å². The Hall–Kier alpha value is -1.10. The lowest BCUT2D eigenvalue weighted by molar-refractivity contribution is 0.0978. The third-order valence-corrected chi connectivity index (χ3v) is 3.28. The van der Waals surface area contributed by atoms with Crippen molar-refractivity contribution >= 4 is 0 Å². The number of hydrogen-bond donors (Lipinski definition) is 2. The first kappa shape index (κ1) is 17.0. The zero-order valence-electron chi connectivity index (χ0n) is 12.9. The van der Waals surface area contributed by atoms with Crippen LogP contribution in [0.5, 0.6) is 5.75 Å². The second-order valence-electron chi connectivity index (χ2n) is 5.16. The van der Waals surface area contributed by atoms with Crippen molar-refractivity contribution in [3.05, 3.63) is 29.8 Å². The first-order chi connectivity index (χ1) is 9.60. The topological polar surface area (TPSA) is 50.7 Å². The number of nitrogens with one attached hydrogen (secondary N) is 1. The molecule has 0 fully saturated rings. The number of aliphatic hydroxyl groups is 1. The molecule has 1 aromatic carbocycles. The van der Waals surface area contributed by atoms with Gasteiger partial charge >= 0.3 is 0 Å². The lowest BCUT2D eigenvalue weighted by Crippen LogP contribution is -2.40. The summed E-state index contributed by atoms with van der Waals surface area (Å²) in [5, 5.41) is 13.9. The molecule has 0 aliphatic rings. The predicted octanol–water partition coefficient (Wildman–Crippen LogP) is 2.38. The van der Waals surface area contributed by atoms with Crippen LogP contribution in [0.25, 0.3) is 0 Å². The maximum atomic E-state index is 10.5. The molecule has 0 saturated carbocycles. The Morgan fingerprint density at radius 3 is 2.35 bits per heavy atom. The van der Waals surface area contributed by atoms with E-state index in [9.17, 15) is 5.11 Å². The van der Waals surface area contributed by atoms with Gasteiger partial charge in [0.05, 0.1) is 19.3 Å². The number of methoxy groups -OCH3 is 1. The van der Waals surface area contributed by atoms with Crippen LogP contribution in [0.15, 0.2) is 24.3 Å². The number of aliphatic hydroxyl groups excluding tert-OH is 1. The maximum absolute atomic E-state index is 10.5. The summed E-state index contributed by atoms with van der Waals surface area (Å²) in [6.45, 7) is 8.17. The second kappa shape index (κ2) is 8.95. The van der Waals surface area contributed by atoms with Crippen LogP contribution in [-0.4, -0.2) is 38.0 Å². The molecule has 0 radical (unpaired) electrons. The molecular formula is C16H27NO3. The minimum atomic E-state index is -0.539. The Balaban J connectivity index is 2.69. The molecule has 0 aliphatic carbocycles. The molecule has 0 bridgehead atoms. The van der Waals surface area contributed by atoms with Crippen LogP contribution in [0.4, 0.5) is 0 Å². The summed E-state index contributed by atoms with van der Waals surface area (Å²) >= 11 is 0. The summed E-state index contributed by atoms with van der Waals surface area (Å²) < 4.78 is 10.5. The molecule has 2 atom stereocenters. The van der Waals surface area contributed by atoms with E-state index in [0.29, 0.717) is 19.1 Å². The van der Waals surface area contributed by atoms with Gasteiger partial charge in [0.25, 0.3) is 0 Å². The molecule has 0 heterocycles. The van der Waals surface area contributed by atoms with Gasteiger partial charge in [-0.3, -0.25) is 0 Å². The van der Waals surface area contributed by atoms with Gasteiger partial charge in [-0.1, -0.05) is 26.0 Å². The average Bonchev–Trinajstić information content (AvgIpc) is 2.44. The van der Waals surface area contributed by atoms with Crippen LogP contribution in [0.3, 0.4) is 0 Å². The third kappa shape index (κ3) is 5.12. The Kier molecular flexibility index (Phi) is 7.59. The molecule has 0 spiro atoms. The van der Waals surface area contributed by atoms with Crippen molar-refractivity contribution in [3.8, 4) is 5.75 Å². The molecule has 0 amide bonds. The molecule has 20 heavy (non-hydrogen) atoms. The molecule has 0 aromatic heterocycles. The number of benzene rings is 1. The quantitative estimate of drug-likeness (QED) is 0.682. The minimum absolute atomic E-state index is 0.00286. The lowest BCUT2D eigenvalue weighted by atomic mass is 9.93. The van der Waals surface area contributed by atoms with Crippen molar-refractivity contribution in [1.82, 2.24) is 5.32 Å². The number of ether oxygens (including phenoxy) is 2. The van der Waals surface area contributed by atoms with Crippen molar-refractivity contribution in [3.63, 3.8) is 0 Å². The molecule has 4 heteroatoms. The largest absolute Gasteiger partial charge is 0.494 e. The summed E-state index contributed by atoms with van der Waals surface area (Å²) in [6, 6.07) is 7.64. The molecule has 1 rings (SSSR count). The molecule has 114 valence electrons. The highest BCUT2D eigenvalue weighted by Gasteiger charge is 2.23. The summed E-state index contributed by atoms with van der Waals surface area (Å²) in [5.74, 6) is 1.16.